The number of ketones is 1. The van der Waals surface area contributed by atoms with E-state index in [9.17, 15) is 4.79 Å². The van der Waals surface area contributed by atoms with Gasteiger partial charge in [0, 0.05) is 19.8 Å². The number of carbonyl (C=O) groups is 1. The van der Waals surface area contributed by atoms with Crippen LogP contribution < -0.4 is 0 Å². The first-order valence-corrected chi connectivity index (χ1v) is 8.68. The molecule has 3 heterocycles. The van der Waals surface area contributed by atoms with Gasteiger partial charge in [-0.05, 0) is 44.9 Å². The highest BCUT2D eigenvalue weighted by Gasteiger charge is 2.74. The quantitative estimate of drug-likeness (QED) is 0.633. The molecule has 0 amide bonds. The largest absolute Gasteiger partial charge is 0.372 e. The topological polar surface area (TPSA) is 44.8 Å². The van der Waals surface area contributed by atoms with E-state index in [0.717, 1.165) is 58.2 Å². The van der Waals surface area contributed by atoms with E-state index in [1.165, 1.54) is 0 Å². The lowest BCUT2D eigenvalue weighted by Crippen LogP contribution is -2.75. The predicted molar refractivity (Wildman–Crippen MR) is 76.1 cm³/mol. The summed E-state index contributed by atoms with van der Waals surface area (Å²) in [6, 6.07) is 0. The summed E-state index contributed by atoms with van der Waals surface area (Å²) < 4.78 is 18.6. The van der Waals surface area contributed by atoms with E-state index in [1.807, 2.05) is 0 Å². The summed E-state index contributed by atoms with van der Waals surface area (Å²) in [4.78, 5) is 12.8. The van der Waals surface area contributed by atoms with Crippen molar-refractivity contribution in [2.75, 3.05) is 19.8 Å². The summed E-state index contributed by atoms with van der Waals surface area (Å²) in [6.07, 6.45) is 6.35. The van der Waals surface area contributed by atoms with E-state index in [4.69, 9.17) is 14.2 Å². The molecule has 3 spiro atoms. The molecule has 3 aliphatic heterocycles. The fourth-order valence-corrected chi connectivity index (χ4v) is 5.91. The molecule has 4 atom stereocenters. The zero-order valence-corrected chi connectivity index (χ0v) is 13.2. The van der Waals surface area contributed by atoms with Gasteiger partial charge in [-0.15, -0.1) is 0 Å². The van der Waals surface area contributed by atoms with E-state index < -0.39 is 11.2 Å². The molecule has 0 aromatic rings. The zero-order valence-electron chi connectivity index (χ0n) is 11.7. The second-order valence-corrected chi connectivity index (χ2v) is 7.65. The van der Waals surface area contributed by atoms with Crippen molar-refractivity contribution in [3.63, 3.8) is 0 Å². The predicted octanol–water partition coefficient (Wildman–Crippen LogP) is 2.37. The Morgan fingerprint density at radius 1 is 0.950 bits per heavy atom. The number of Topliss-reactive ketones (excluding diaryl/α,β-unsaturated/α-hetero) is 1. The maximum absolute atomic E-state index is 12.9. The van der Waals surface area contributed by atoms with E-state index in [-0.39, 0.29) is 16.2 Å². The van der Waals surface area contributed by atoms with Gasteiger partial charge in [0.05, 0.1) is 4.83 Å². The zero-order chi connectivity index (χ0) is 13.8. The molecule has 0 aromatic heterocycles. The van der Waals surface area contributed by atoms with Crippen LogP contribution in [0.2, 0.25) is 0 Å². The third kappa shape index (κ3) is 1.45. The van der Waals surface area contributed by atoms with Crippen molar-refractivity contribution in [1.29, 1.82) is 0 Å². The number of hydrogen-bond donors (Lipinski definition) is 0. The Bertz CT molecular complexity index is 418. The Kier molecular flexibility index (Phi) is 3.09. The smallest absolute Gasteiger partial charge is 0.181 e. The average Bonchev–Trinajstić information content (AvgIpc) is 3.17. The summed E-state index contributed by atoms with van der Waals surface area (Å²) in [5.41, 5.74) is -1.66. The van der Waals surface area contributed by atoms with Crippen molar-refractivity contribution in [2.24, 2.45) is 0 Å². The monoisotopic (exact) mass is 344 g/mol. The first kappa shape index (κ1) is 13.7. The molecule has 0 aromatic carbocycles. The Labute approximate surface area is 127 Å². The van der Waals surface area contributed by atoms with Gasteiger partial charge in [0.2, 0.25) is 0 Å². The molecule has 4 fully saturated rings. The van der Waals surface area contributed by atoms with Crippen LogP contribution >= 0.6 is 15.9 Å². The molecule has 0 N–H and O–H groups in total. The summed E-state index contributed by atoms with van der Waals surface area (Å²) in [5.74, 6) is 0.179. The van der Waals surface area contributed by atoms with Gasteiger partial charge in [-0.1, -0.05) is 15.9 Å². The van der Waals surface area contributed by atoms with Gasteiger partial charge in [0.25, 0.3) is 0 Å². The first-order valence-electron chi connectivity index (χ1n) is 7.76. The minimum Gasteiger partial charge on any atom is -0.372 e. The third-order valence-electron chi connectivity index (χ3n) is 5.73. The van der Waals surface area contributed by atoms with Gasteiger partial charge < -0.3 is 14.2 Å². The molecular weight excluding hydrogens is 324 g/mol. The first-order chi connectivity index (χ1) is 9.66. The Hall–Kier alpha value is 0.0300. The number of rotatable bonds is 0. The van der Waals surface area contributed by atoms with Crippen molar-refractivity contribution in [2.45, 2.75) is 66.6 Å². The Balaban J connectivity index is 1.87. The molecule has 1 aliphatic carbocycles. The molecular formula is C15H21BrO4. The van der Waals surface area contributed by atoms with Crippen LogP contribution in [0.4, 0.5) is 0 Å². The fourth-order valence-electron chi connectivity index (χ4n) is 5.01. The molecule has 20 heavy (non-hydrogen) atoms. The van der Waals surface area contributed by atoms with Crippen LogP contribution in [-0.2, 0) is 19.0 Å². The van der Waals surface area contributed by atoms with Crippen LogP contribution in [0.15, 0.2) is 0 Å². The summed E-state index contributed by atoms with van der Waals surface area (Å²) in [5, 5.41) is 0. The lowest BCUT2D eigenvalue weighted by atomic mass is 9.59. The molecule has 0 unspecified atom stereocenters. The highest BCUT2D eigenvalue weighted by molar-refractivity contribution is 9.10. The van der Waals surface area contributed by atoms with Crippen LogP contribution in [0, 0.1) is 0 Å². The minimum atomic E-state index is -0.778. The molecule has 5 heteroatoms. The number of carbonyl (C=O) groups excluding carboxylic acids is 1. The SMILES string of the molecule is O=C1[C@@H](Br)C[C@]2(CCCO2)[C@]2(CCCO2)[C@@]12CCCO2. The Morgan fingerprint density at radius 2 is 1.65 bits per heavy atom. The summed E-state index contributed by atoms with van der Waals surface area (Å²) in [6.45, 7) is 2.15. The molecule has 0 radical (unpaired) electrons. The van der Waals surface area contributed by atoms with Gasteiger partial charge in [-0.25, -0.2) is 0 Å². The number of alkyl halides is 1. The maximum Gasteiger partial charge on any atom is 0.181 e. The number of fused-ring (bicyclic) bond motifs is 2. The summed E-state index contributed by atoms with van der Waals surface area (Å²) >= 11 is 3.59. The van der Waals surface area contributed by atoms with E-state index >= 15 is 0 Å². The highest BCUT2D eigenvalue weighted by Crippen LogP contribution is 2.60. The molecule has 0 bridgehead atoms. The van der Waals surface area contributed by atoms with Crippen molar-refractivity contribution in [1.82, 2.24) is 0 Å². The van der Waals surface area contributed by atoms with Crippen LogP contribution in [-0.4, -0.2) is 47.2 Å². The van der Waals surface area contributed by atoms with Crippen LogP contribution in [0.3, 0.4) is 0 Å². The van der Waals surface area contributed by atoms with E-state index in [0.29, 0.717) is 6.61 Å². The second-order valence-electron chi connectivity index (χ2n) is 6.54. The minimum absolute atomic E-state index is 0.173. The van der Waals surface area contributed by atoms with Gasteiger partial charge in [0.1, 0.15) is 11.2 Å². The van der Waals surface area contributed by atoms with Crippen molar-refractivity contribution in [3.05, 3.63) is 0 Å². The summed E-state index contributed by atoms with van der Waals surface area (Å²) in [7, 11) is 0. The lowest BCUT2D eigenvalue weighted by Gasteiger charge is -2.57. The van der Waals surface area contributed by atoms with E-state index in [2.05, 4.69) is 15.9 Å². The van der Waals surface area contributed by atoms with Gasteiger partial charge >= 0.3 is 0 Å². The number of halogens is 1. The number of hydrogen-bond acceptors (Lipinski definition) is 4. The molecule has 1 saturated carbocycles. The Morgan fingerprint density at radius 3 is 2.25 bits per heavy atom. The van der Waals surface area contributed by atoms with Gasteiger partial charge in [-0.2, -0.15) is 0 Å². The van der Waals surface area contributed by atoms with E-state index in [1.54, 1.807) is 0 Å². The van der Waals surface area contributed by atoms with Gasteiger partial charge in [0.15, 0.2) is 11.4 Å². The number of ether oxygens (including phenoxy) is 3. The van der Waals surface area contributed by atoms with Gasteiger partial charge in [-0.3, -0.25) is 4.79 Å². The molecule has 112 valence electrons. The van der Waals surface area contributed by atoms with Crippen LogP contribution in [0.1, 0.15) is 44.9 Å². The van der Waals surface area contributed by atoms with Crippen LogP contribution in [0.5, 0.6) is 0 Å². The molecule has 4 aliphatic rings. The molecule has 4 rings (SSSR count). The van der Waals surface area contributed by atoms with Crippen LogP contribution in [0.25, 0.3) is 0 Å². The average molecular weight is 345 g/mol. The van der Waals surface area contributed by atoms with Crippen molar-refractivity contribution in [3.8, 4) is 0 Å². The van der Waals surface area contributed by atoms with Crippen molar-refractivity contribution < 1.29 is 19.0 Å². The standard InChI is InChI=1S/C15H21BrO4/c16-11-10-13(4-1-7-18-13)15(6-3-9-20-15)14(12(11)17)5-2-8-19-14/h11H,1-10H2/t11-,13+,14+,15+/m0/s1. The fraction of sp³-hybridized carbons (Fsp3) is 0.933. The molecule has 3 saturated heterocycles. The lowest BCUT2D eigenvalue weighted by molar-refractivity contribution is -0.260. The maximum atomic E-state index is 12.9. The highest BCUT2D eigenvalue weighted by atomic mass is 79.9. The van der Waals surface area contributed by atoms with Crippen molar-refractivity contribution >= 4 is 21.7 Å². The normalized spacial score (nSPS) is 51.9. The third-order valence-corrected chi connectivity index (χ3v) is 6.47. The second kappa shape index (κ2) is 4.51. The molecule has 4 nitrogen and oxygen atoms in total.